The highest BCUT2D eigenvalue weighted by Gasteiger charge is 2.38. The van der Waals surface area contributed by atoms with Gasteiger partial charge in [0.2, 0.25) is 0 Å². The summed E-state index contributed by atoms with van der Waals surface area (Å²) >= 11 is 0. The molecule has 7 aromatic rings. The molecule has 1 unspecified atom stereocenters. The molecule has 40 heavy (non-hydrogen) atoms. The van der Waals surface area contributed by atoms with Crippen molar-refractivity contribution in [1.29, 1.82) is 0 Å². The van der Waals surface area contributed by atoms with Crippen LogP contribution in [0.2, 0.25) is 0 Å². The largest absolute Gasteiger partial charge is 0.455 e. The molecule has 0 saturated heterocycles. The average Bonchev–Trinajstić information content (AvgIpc) is 3.56. The van der Waals surface area contributed by atoms with Crippen LogP contribution in [0, 0.1) is 0 Å². The van der Waals surface area contributed by atoms with E-state index in [-0.39, 0.29) is 6.04 Å². The van der Waals surface area contributed by atoms with E-state index in [1.807, 2.05) is 36.4 Å². The molecule has 3 heterocycles. The van der Waals surface area contributed by atoms with E-state index in [1.165, 1.54) is 27.6 Å². The van der Waals surface area contributed by atoms with Crippen molar-refractivity contribution < 1.29 is 4.42 Å². The van der Waals surface area contributed by atoms with Crippen LogP contribution in [0.15, 0.2) is 126 Å². The van der Waals surface area contributed by atoms with E-state index < -0.39 is 0 Å². The van der Waals surface area contributed by atoms with Gasteiger partial charge in [-0.15, -0.1) is 0 Å². The number of hydrogen-bond donors (Lipinski definition) is 0. The zero-order valence-electron chi connectivity index (χ0n) is 21.6. The van der Waals surface area contributed by atoms with E-state index in [1.54, 1.807) is 0 Å². The van der Waals surface area contributed by atoms with Crippen LogP contribution in [0.1, 0.15) is 12.0 Å². The summed E-state index contributed by atoms with van der Waals surface area (Å²) < 4.78 is 6.49. The van der Waals surface area contributed by atoms with Crippen molar-refractivity contribution in [1.82, 2.24) is 9.97 Å². The molecule has 0 bridgehead atoms. The molecular weight excluding hydrogens is 490 g/mol. The summed E-state index contributed by atoms with van der Waals surface area (Å²) in [4.78, 5) is 13.0. The topological polar surface area (TPSA) is 42.2 Å². The van der Waals surface area contributed by atoms with Gasteiger partial charge in [-0.1, -0.05) is 91.0 Å². The third-order valence-electron chi connectivity index (χ3n) is 8.34. The number of benzene rings is 5. The maximum atomic E-state index is 6.49. The Morgan fingerprint density at radius 1 is 0.700 bits per heavy atom. The van der Waals surface area contributed by atoms with Crippen LogP contribution in [0.3, 0.4) is 0 Å². The Labute approximate surface area is 230 Å². The summed E-state index contributed by atoms with van der Waals surface area (Å²) in [6, 6.07) is 35.9. The lowest BCUT2D eigenvalue weighted by Gasteiger charge is -2.29. The van der Waals surface area contributed by atoms with Crippen molar-refractivity contribution in [3.63, 3.8) is 0 Å². The Bertz CT molecular complexity index is 2220. The minimum absolute atomic E-state index is 0.134. The normalized spacial score (nSPS) is 16.1. The fraction of sp³-hybridized carbons (Fsp3) is 0.0556. The molecule has 4 heteroatoms. The number of para-hydroxylation sites is 4. The number of allylic oxidation sites excluding steroid dienone is 2. The van der Waals surface area contributed by atoms with E-state index in [9.17, 15) is 0 Å². The molecule has 9 rings (SSSR count). The van der Waals surface area contributed by atoms with Crippen molar-refractivity contribution in [3.05, 3.63) is 127 Å². The van der Waals surface area contributed by atoms with Crippen LogP contribution in [0.5, 0.6) is 0 Å². The molecule has 0 saturated carbocycles. The van der Waals surface area contributed by atoms with Crippen molar-refractivity contribution in [2.75, 3.05) is 4.90 Å². The minimum Gasteiger partial charge on any atom is -0.455 e. The molecule has 2 aromatic heterocycles. The average molecular weight is 514 g/mol. The Morgan fingerprint density at radius 3 is 2.40 bits per heavy atom. The van der Waals surface area contributed by atoms with Crippen LogP contribution in [0.4, 0.5) is 11.5 Å². The molecule has 0 N–H and O–H groups in total. The quantitative estimate of drug-likeness (QED) is 0.231. The van der Waals surface area contributed by atoms with Gasteiger partial charge < -0.3 is 9.32 Å². The predicted molar refractivity (Wildman–Crippen MR) is 164 cm³/mol. The van der Waals surface area contributed by atoms with E-state index in [2.05, 4.69) is 89.9 Å². The Hall–Kier alpha value is -5.22. The third kappa shape index (κ3) is 2.96. The number of furan rings is 1. The van der Waals surface area contributed by atoms with Crippen LogP contribution < -0.4 is 4.90 Å². The summed E-state index contributed by atoms with van der Waals surface area (Å²) in [7, 11) is 0. The maximum Gasteiger partial charge on any atom is 0.161 e. The first-order valence-electron chi connectivity index (χ1n) is 13.7. The van der Waals surface area contributed by atoms with Gasteiger partial charge in [0.25, 0.3) is 0 Å². The molecule has 1 aliphatic heterocycles. The fourth-order valence-corrected chi connectivity index (χ4v) is 6.58. The van der Waals surface area contributed by atoms with Crippen LogP contribution in [0.25, 0.3) is 60.6 Å². The van der Waals surface area contributed by atoms with Crippen LogP contribution in [-0.2, 0) is 0 Å². The standard InChI is InChI=1S/C36H23N3O/c1-2-11-23-22(10-1)20-21-31-33(23)26-13-3-7-18-30(26)39(31)36-34(37-28-16-5-6-17-29(28)38-36)27-15-9-14-25-24-12-4-8-19-32(24)40-35(25)27/h1-17,19-21,30H,18H2. The molecule has 2 aliphatic rings. The van der Waals surface area contributed by atoms with Crippen molar-refractivity contribution in [2.45, 2.75) is 12.5 Å². The SMILES string of the molecule is C1=CCC2C(=C1)c1c(ccc3ccccc13)N2c1nc2ccccc2nc1-c1cccc2c1oc1ccccc12. The third-order valence-corrected chi connectivity index (χ3v) is 8.34. The summed E-state index contributed by atoms with van der Waals surface area (Å²) in [5.41, 5.74) is 9.03. The first-order chi connectivity index (χ1) is 19.8. The summed E-state index contributed by atoms with van der Waals surface area (Å²) in [6.07, 6.45) is 7.61. The van der Waals surface area contributed by atoms with Gasteiger partial charge in [-0.05, 0) is 53.1 Å². The molecule has 0 fully saturated rings. The predicted octanol–water partition coefficient (Wildman–Crippen LogP) is 9.21. The zero-order valence-corrected chi connectivity index (χ0v) is 21.6. The molecular formula is C36H23N3O. The van der Waals surface area contributed by atoms with Gasteiger partial charge in [-0.25, -0.2) is 9.97 Å². The molecule has 0 amide bonds. The smallest absolute Gasteiger partial charge is 0.161 e. The molecule has 4 nitrogen and oxygen atoms in total. The summed E-state index contributed by atoms with van der Waals surface area (Å²) in [5, 5.41) is 4.70. The van der Waals surface area contributed by atoms with Gasteiger partial charge in [-0.3, -0.25) is 0 Å². The highest BCUT2D eigenvalue weighted by Crippen LogP contribution is 2.51. The monoisotopic (exact) mass is 513 g/mol. The van der Waals surface area contributed by atoms with E-state index in [4.69, 9.17) is 14.4 Å². The maximum absolute atomic E-state index is 6.49. The van der Waals surface area contributed by atoms with Gasteiger partial charge in [0.1, 0.15) is 16.9 Å². The van der Waals surface area contributed by atoms with E-state index >= 15 is 0 Å². The Balaban J connectivity index is 1.38. The number of nitrogens with zero attached hydrogens (tertiary/aromatic N) is 3. The molecule has 188 valence electrons. The van der Waals surface area contributed by atoms with Crippen molar-refractivity contribution in [2.24, 2.45) is 0 Å². The van der Waals surface area contributed by atoms with E-state index in [0.717, 1.165) is 56.5 Å². The molecule has 5 aromatic carbocycles. The molecule has 0 spiro atoms. The lowest BCUT2D eigenvalue weighted by Crippen LogP contribution is -2.28. The van der Waals surface area contributed by atoms with Gasteiger partial charge in [0.15, 0.2) is 5.82 Å². The molecule has 1 aliphatic carbocycles. The second-order valence-corrected chi connectivity index (χ2v) is 10.5. The Morgan fingerprint density at radius 2 is 1.48 bits per heavy atom. The van der Waals surface area contributed by atoms with Crippen molar-refractivity contribution >= 4 is 60.8 Å². The first-order valence-corrected chi connectivity index (χ1v) is 13.7. The number of fused-ring (bicyclic) bond motifs is 9. The summed E-state index contributed by atoms with van der Waals surface area (Å²) in [5.74, 6) is 0.854. The van der Waals surface area contributed by atoms with Gasteiger partial charge >= 0.3 is 0 Å². The second kappa shape index (κ2) is 8.14. The highest BCUT2D eigenvalue weighted by atomic mass is 16.3. The zero-order chi connectivity index (χ0) is 26.2. The van der Waals surface area contributed by atoms with E-state index in [0.29, 0.717) is 0 Å². The van der Waals surface area contributed by atoms with Gasteiger partial charge in [0.05, 0.1) is 22.8 Å². The fourth-order valence-electron chi connectivity index (χ4n) is 6.58. The lowest BCUT2D eigenvalue weighted by molar-refractivity contribution is 0.669. The van der Waals surface area contributed by atoms with Gasteiger partial charge in [0, 0.05) is 21.9 Å². The lowest BCUT2D eigenvalue weighted by atomic mass is 9.92. The number of rotatable bonds is 2. The van der Waals surface area contributed by atoms with Crippen molar-refractivity contribution in [3.8, 4) is 11.3 Å². The van der Waals surface area contributed by atoms with Crippen LogP contribution >= 0.6 is 0 Å². The number of hydrogen-bond acceptors (Lipinski definition) is 4. The minimum atomic E-state index is 0.134. The molecule has 1 atom stereocenters. The first kappa shape index (κ1) is 21.7. The highest BCUT2D eigenvalue weighted by molar-refractivity contribution is 6.11. The second-order valence-electron chi connectivity index (χ2n) is 10.5. The summed E-state index contributed by atoms with van der Waals surface area (Å²) in [6.45, 7) is 0. The van der Waals surface area contributed by atoms with Gasteiger partial charge in [-0.2, -0.15) is 0 Å². The van der Waals surface area contributed by atoms with Crippen LogP contribution in [-0.4, -0.2) is 16.0 Å². The Kier molecular flexibility index (Phi) is 4.41. The number of aromatic nitrogens is 2. The molecule has 0 radical (unpaired) electrons. The number of anilines is 2.